The first-order valence-electron chi connectivity index (χ1n) is 11.0. The lowest BCUT2D eigenvalue weighted by atomic mass is 10.2. The summed E-state index contributed by atoms with van der Waals surface area (Å²) < 4.78 is 31.6. The molecule has 0 spiro atoms. The molecule has 0 N–H and O–H groups in total. The molecule has 0 aliphatic carbocycles. The molecule has 0 amide bonds. The highest BCUT2D eigenvalue weighted by atomic mass is 32.2. The fourth-order valence-corrected chi connectivity index (χ4v) is 4.28. The molecule has 5 aromatic rings. The zero-order valence-corrected chi connectivity index (χ0v) is 19.7. The van der Waals surface area contributed by atoms with E-state index < -0.39 is 9.84 Å². The minimum Gasteiger partial charge on any atom is -0.456 e. The summed E-state index contributed by atoms with van der Waals surface area (Å²) in [6.45, 7) is 1.92. The summed E-state index contributed by atoms with van der Waals surface area (Å²) in [4.78, 5) is 19.4. The zero-order valence-electron chi connectivity index (χ0n) is 18.9. The standard InChI is InChI=1S/C26H22N4O4S/c1-2-35(31,32)25-14-12-21(17-28-25)34-20-11-13-22-24(16-20)30(33-18-19-8-4-3-5-9-19)26(29-22)23-10-6-7-15-27-23/h3-17H,2,18H2,1H3. The van der Waals surface area contributed by atoms with Gasteiger partial charge in [-0.2, -0.15) is 4.73 Å². The first-order chi connectivity index (χ1) is 17.0. The van der Waals surface area contributed by atoms with Crippen LogP contribution in [0.1, 0.15) is 12.5 Å². The summed E-state index contributed by atoms with van der Waals surface area (Å²) in [5.41, 5.74) is 3.11. The zero-order chi connectivity index (χ0) is 24.3. The Kier molecular flexibility index (Phi) is 6.15. The Balaban J connectivity index is 1.49. The van der Waals surface area contributed by atoms with Crippen molar-refractivity contribution in [3.63, 3.8) is 0 Å². The lowest BCUT2D eigenvalue weighted by Gasteiger charge is -2.12. The summed E-state index contributed by atoms with van der Waals surface area (Å²) in [5.74, 6) is 1.51. The SMILES string of the molecule is CCS(=O)(=O)c1ccc(Oc2ccc3nc(-c4ccccn4)n(OCc4ccccc4)c3c2)cn1. The van der Waals surface area contributed by atoms with Crippen molar-refractivity contribution in [3.8, 4) is 23.0 Å². The van der Waals surface area contributed by atoms with Crippen LogP contribution < -0.4 is 9.57 Å². The smallest absolute Gasteiger partial charge is 0.195 e. The van der Waals surface area contributed by atoms with E-state index in [9.17, 15) is 8.42 Å². The van der Waals surface area contributed by atoms with E-state index in [1.54, 1.807) is 30.0 Å². The molecule has 0 atom stereocenters. The number of rotatable bonds is 8. The average molecular weight is 487 g/mol. The number of benzene rings is 2. The largest absolute Gasteiger partial charge is 0.456 e. The van der Waals surface area contributed by atoms with Gasteiger partial charge >= 0.3 is 0 Å². The van der Waals surface area contributed by atoms with E-state index in [0.29, 0.717) is 40.7 Å². The van der Waals surface area contributed by atoms with Crippen molar-refractivity contribution in [2.45, 2.75) is 18.6 Å². The van der Waals surface area contributed by atoms with Gasteiger partial charge in [0.2, 0.25) is 0 Å². The van der Waals surface area contributed by atoms with Gasteiger partial charge in [0.05, 0.1) is 17.5 Å². The van der Waals surface area contributed by atoms with Gasteiger partial charge in [-0.1, -0.05) is 43.3 Å². The van der Waals surface area contributed by atoms with Crippen LogP contribution in [0.5, 0.6) is 11.5 Å². The van der Waals surface area contributed by atoms with Crippen LogP contribution in [0.4, 0.5) is 0 Å². The van der Waals surface area contributed by atoms with E-state index >= 15 is 0 Å². The van der Waals surface area contributed by atoms with Crippen LogP contribution in [0, 0.1) is 0 Å². The fraction of sp³-hybridized carbons (Fsp3) is 0.115. The lowest BCUT2D eigenvalue weighted by molar-refractivity contribution is 0.109. The van der Waals surface area contributed by atoms with E-state index in [4.69, 9.17) is 14.6 Å². The van der Waals surface area contributed by atoms with E-state index in [1.807, 2.05) is 60.7 Å². The number of sulfone groups is 1. The molecule has 0 saturated carbocycles. The fourth-order valence-electron chi connectivity index (χ4n) is 3.49. The molecular formula is C26H22N4O4S. The summed E-state index contributed by atoms with van der Waals surface area (Å²) in [6.07, 6.45) is 3.11. The van der Waals surface area contributed by atoms with Crippen molar-refractivity contribution in [2.24, 2.45) is 0 Å². The van der Waals surface area contributed by atoms with Gasteiger partial charge in [0.15, 0.2) is 20.7 Å². The Labute approximate surface area is 202 Å². The van der Waals surface area contributed by atoms with Crippen LogP contribution in [-0.2, 0) is 16.4 Å². The molecule has 3 aromatic heterocycles. The molecular weight excluding hydrogens is 464 g/mol. The average Bonchev–Trinajstić information content (AvgIpc) is 3.27. The van der Waals surface area contributed by atoms with E-state index in [-0.39, 0.29) is 10.8 Å². The Morgan fingerprint density at radius 2 is 1.69 bits per heavy atom. The Hall–Kier alpha value is -4.24. The second-order valence-electron chi connectivity index (χ2n) is 7.69. The van der Waals surface area contributed by atoms with Crippen molar-refractivity contribution in [1.82, 2.24) is 19.7 Å². The van der Waals surface area contributed by atoms with Crippen LogP contribution in [0.3, 0.4) is 0 Å². The van der Waals surface area contributed by atoms with Gasteiger partial charge < -0.3 is 9.57 Å². The molecule has 176 valence electrons. The van der Waals surface area contributed by atoms with Gasteiger partial charge in [0.1, 0.15) is 29.3 Å². The molecule has 3 heterocycles. The third kappa shape index (κ3) is 4.85. The first-order valence-corrected chi connectivity index (χ1v) is 12.7. The van der Waals surface area contributed by atoms with Gasteiger partial charge in [0, 0.05) is 12.3 Å². The molecule has 35 heavy (non-hydrogen) atoms. The Bertz CT molecular complexity index is 1550. The molecule has 0 aliphatic rings. The maximum Gasteiger partial charge on any atom is 0.195 e. The van der Waals surface area contributed by atoms with Gasteiger partial charge in [-0.3, -0.25) is 4.98 Å². The van der Waals surface area contributed by atoms with Crippen molar-refractivity contribution >= 4 is 20.9 Å². The van der Waals surface area contributed by atoms with E-state index in [0.717, 1.165) is 5.56 Å². The van der Waals surface area contributed by atoms with E-state index in [1.165, 1.54) is 12.3 Å². The molecule has 0 fully saturated rings. The van der Waals surface area contributed by atoms with Crippen LogP contribution >= 0.6 is 0 Å². The van der Waals surface area contributed by atoms with Crippen molar-refractivity contribution in [3.05, 3.63) is 96.8 Å². The van der Waals surface area contributed by atoms with Gasteiger partial charge in [0.25, 0.3) is 0 Å². The van der Waals surface area contributed by atoms with Crippen LogP contribution in [-0.4, -0.2) is 33.9 Å². The second kappa shape index (κ2) is 9.55. The maximum absolute atomic E-state index is 12.0. The van der Waals surface area contributed by atoms with Crippen molar-refractivity contribution < 1.29 is 18.0 Å². The molecule has 8 nitrogen and oxygen atoms in total. The number of imidazole rings is 1. The number of nitrogens with zero attached hydrogens (tertiary/aromatic N) is 4. The Morgan fingerprint density at radius 3 is 2.40 bits per heavy atom. The molecule has 2 aromatic carbocycles. The molecule has 0 radical (unpaired) electrons. The van der Waals surface area contributed by atoms with Crippen molar-refractivity contribution in [1.29, 1.82) is 0 Å². The normalized spacial score (nSPS) is 11.5. The molecule has 0 bridgehead atoms. The number of hydrogen-bond acceptors (Lipinski definition) is 7. The predicted molar refractivity (Wildman–Crippen MR) is 132 cm³/mol. The van der Waals surface area contributed by atoms with Gasteiger partial charge in [-0.25, -0.2) is 18.4 Å². The molecule has 0 aliphatic heterocycles. The topological polar surface area (TPSA) is 96.2 Å². The molecule has 0 unspecified atom stereocenters. The highest BCUT2D eigenvalue weighted by molar-refractivity contribution is 7.91. The number of ether oxygens (including phenoxy) is 1. The third-order valence-corrected chi connectivity index (χ3v) is 6.96. The molecule has 9 heteroatoms. The monoisotopic (exact) mass is 486 g/mol. The predicted octanol–water partition coefficient (Wildman–Crippen LogP) is 4.71. The highest BCUT2D eigenvalue weighted by Crippen LogP contribution is 2.29. The number of pyridine rings is 2. The van der Waals surface area contributed by atoms with Crippen LogP contribution in [0.15, 0.2) is 96.3 Å². The Morgan fingerprint density at radius 1 is 0.886 bits per heavy atom. The van der Waals surface area contributed by atoms with Crippen LogP contribution in [0.2, 0.25) is 0 Å². The summed E-state index contributed by atoms with van der Waals surface area (Å²) in [5, 5.41) is 0.0233. The van der Waals surface area contributed by atoms with Gasteiger partial charge in [-0.05, 0) is 42.0 Å². The minimum atomic E-state index is -3.38. The van der Waals surface area contributed by atoms with Crippen LogP contribution in [0.25, 0.3) is 22.6 Å². The maximum atomic E-state index is 12.0. The quantitative estimate of drug-likeness (QED) is 0.313. The third-order valence-electron chi connectivity index (χ3n) is 5.33. The summed E-state index contributed by atoms with van der Waals surface area (Å²) >= 11 is 0. The summed E-state index contributed by atoms with van der Waals surface area (Å²) in [7, 11) is -3.38. The number of hydrogen-bond donors (Lipinski definition) is 0. The van der Waals surface area contributed by atoms with E-state index in [2.05, 4.69) is 9.97 Å². The highest BCUT2D eigenvalue weighted by Gasteiger charge is 2.17. The number of aromatic nitrogens is 4. The molecule has 0 saturated heterocycles. The van der Waals surface area contributed by atoms with Gasteiger partial charge in [-0.15, -0.1) is 0 Å². The van der Waals surface area contributed by atoms with Crippen molar-refractivity contribution in [2.75, 3.05) is 5.75 Å². The minimum absolute atomic E-state index is 0.0115. The second-order valence-corrected chi connectivity index (χ2v) is 9.92. The lowest BCUT2D eigenvalue weighted by Crippen LogP contribution is -2.13. The summed E-state index contributed by atoms with van der Waals surface area (Å²) in [6, 6.07) is 23.9. The molecule has 5 rings (SSSR count). The first kappa shape index (κ1) is 22.5. The number of fused-ring (bicyclic) bond motifs is 1.